The Hall–Kier alpha value is -2.82. The molecule has 5 nitrogen and oxygen atoms in total. The van der Waals surface area contributed by atoms with E-state index < -0.39 is 0 Å². The highest BCUT2D eigenvalue weighted by Crippen LogP contribution is 2.33. The van der Waals surface area contributed by atoms with E-state index in [2.05, 4.69) is 26.0 Å². The highest BCUT2D eigenvalue weighted by Gasteiger charge is 2.38. The van der Waals surface area contributed by atoms with Crippen LogP contribution in [-0.4, -0.2) is 36.9 Å². The molecule has 2 aliphatic rings. The van der Waals surface area contributed by atoms with Gasteiger partial charge in [0.1, 0.15) is 5.75 Å². The van der Waals surface area contributed by atoms with Crippen LogP contribution in [0.4, 0.5) is 5.69 Å². The average molecular weight is 392 g/mol. The van der Waals surface area contributed by atoms with Crippen molar-refractivity contribution in [3.05, 3.63) is 58.7 Å². The summed E-state index contributed by atoms with van der Waals surface area (Å²) in [6.07, 6.45) is 2.28. The Bertz CT molecular complexity index is 936. The number of fused-ring (bicyclic) bond motifs is 1. The number of hydrogen-bond donors (Lipinski definition) is 0. The van der Waals surface area contributed by atoms with Crippen LogP contribution < -0.4 is 9.64 Å². The topological polar surface area (TPSA) is 49.9 Å². The molecule has 0 spiro atoms. The van der Waals surface area contributed by atoms with E-state index in [1.807, 2.05) is 29.2 Å². The smallest absolute Gasteiger partial charge is 0.232 e. The second kappa shape index (κ2) is 7.90. The van der Waals surface area contributed by atoms with Gasteiger partial charge in [-0.15, -0.1) is 0 Å². The number of likely N-dealkylation sites (tertiary alicyclic amines) is 1. The van der Waals surface area contributed by atoms with E-state index in [1.165, 1.54) is 16.7 Å². The van der Waals surface area contributed by atoms with Gasteiger partial charge < -0.3 is 14.5 Å². The Morgan fingerprint density at radius 2 is 1.93 bits per heavy atom. The second-order valence-electron chi connectivity index (χ2n) is 8.20. The van der Waals surface area contributed by atoms with Crippen molar-refractivity contribution < 1.29 is 14.3 Å². The van der Waals surface area contributed by atoms with Crippen molar-refractivity contribution >= 4 is 17.5 Å². The molecule has 29 heavy (non-hydrogen) atoms. The number of methoxy groups -OCH3 is 1. The molecule has 2 aromatic carbocycles. The van der Waals surface area contributed by atoms with E-state index >= 15 is 0 Å². The Morgan fingerprint density at radius 1 is 1.17 bits per heavy atom. The molecule has 0 aromatic heterocycles. The summed E-state index contributed by atoms with van der Waals surface area (Å²) >= 11 is 0. The Morgan fingerprint density at radius 3 is 2.66 bits per heavy atom. The van der Waals surface area contributed by atoms with Gasteiger partial charge in [-0.2, -0.15) is 0 Å². The first kappa shape index (κ1) is 19.5. The predicted octanol–water partition coefficient (Wildman–Crippen LogP) is 3.64. The summed E-state index contributed by atoms with van der Waals surface area (Å²) < 4.78 is 5.19. The van der Waals surface area contributed by atoms with Crippen LogP contribution in [-0.2, 0) is 22.6 Å². The van der Waals surface area contributed by atoms with Crippen molar-refractivity contribution in [2.24, 2.45) is 5.92 Å². The van der Waals surface area contributed by atoms with Crippen LogP contribution in [0.25, 0.3) is 0 Å². The fraction of sp³-hybridized carbons (Fsp3) is 0.417. The van der Waals surface area contributed by atoms with E-state index in [-0.39, 0.29) is 17.7 Å². The number of hydrogen-bond acceptors (Lipinski definition) is 3. The van der Waals surface area contributed by atoms with Gasteiger partial charge in [-0.3, -0.25) is 9.59 Å². The van der Waals surface area contributed by atoms with Crippen molar-refractivity contribution in [2.75, 3.05) is 25.1 Å². The first-order chi connectivity index (χ1) is 14.0. The molecule has 0 N–H and O–H groups in total. The van der Waals surface area contributed by atoms with Gasteiger partial charge in [0.2, 0.25) is 11.8 Å². The minimum atomic E-state index is -0.271. The van der Waals surface area contributed by atoms with Gasteiger partial charge in [-0.1, -0.05) is 18.2 Å². The quantitative estimate of drug-likeness (QED) is 0.798. The van der Waals surface area contributed by atoms with E-state index in [1.54, 1.807) is 12.0 Å². The zero-order chi connectivity index (χ0) is 20.5. The predicted molar refractivity (Wildman–Crippen MR) is 113 cm³/mol. The SMILES string of the molecule is COc1ccc(CN2CC(C(=O)N3CCCc4c(C)cc(C)cc43)CC2=O)cc1. The van der Waals surface area contributed by atoms with Crippen LogP contribution in [0.15, 0.2) is 36.4 Å². The molecule has 1 fully saturated rings. The maximum atomic E-state index is 13.3. The number of anilines is 1. The molecule has 1 atom stereocenters. The molecule has 1 unspecified atom stereocenters. The van der Waals surface area contributed by atoms with Crippen LogP contribution in [0.2, 0.25) is 0 Å². The molecule has 5 heteroatoms. The molecule has 4 rings (SSSR count). The van der Waals surface area contributed by atoms with Crippen molar-refractivity contribution in [3.8, 4) is 5.75 Å². The van der Waals surface area contributed by atoms with Crippen LogP contribution in [0, 0.1) is 19.8 Å². The van der Waals surface area contributed by atoms with Gasteiger partial charge in [0, 0.05) is 31.7 Å². The second-order valence-corrected chi connectivity index (χ2v) is 8.20. The van der Waals surface area contributed by atoms with E-state index in [0.29, 0.717) is 19.5 Å². The molecule has 2 amide bonds. The van der Waals surface area contributed by atoms with Crippen LogP contribution in [0.3, 0.4) is 0 Å². The number of rotatable bonds is 4. The fourth-order valence-corrected chi connectivity index (χ4v) is 4.57. The third kappa shape index (κ3) is 3.86. The summed E-state index contributed by atoms with van der Waals surface area (Å²) in [4.78, 5) is 29.7. The lowest BCUT2D eigenvalue weighted by atomic mass is 9.94. The minimum absolute atomic E-state index is 0.0526. The molecule has 2 heterocycles. The Labute approximate surface area is 172 Å². The zero-order valence-electron chi connectivity index (χ0n) is 17.4. The third-order valence-electron chi connectivity index (χ3n) is 6.06. The van der Waals surface area contributed by atoms with Crippen LogP contribution in [0.1, 0.15) is 35.1 Å². The van der Waals surface area contributed by atoms with E-state index in [9.17, 15) is 9.59 Å². The average Bonchev–Trinajstić information content (AvgIpc) is 3.08. The number of benzene rings is 2. The van der Waals surface area contributed by atoms with Gasteiger partial charge in [-0.25, -0.2) is 0 Å². The molecule has 152 valence electrons. The van der Waals surface area contributed by atoms with Gasteiger partial charge >= 0.3 is 0 Å². The van der Waals surface area contributed by atoms with Crippen molar-refractivity contribution in [3.63, 3.8) is 0 Å². The van der Waals surface area contributed by atoms with Gasteiger partial charge in [0.05, 0.1) is 13.0 Å². The maximum Gasteiger partial charge on any atom is 0.232 e. The minimum Gasteiger partial charge on any atom is -0.497 e. The third-order valence-corrected chi connectivity index (χ3v) is 6.06. The fourth-order valence-electron chi connectivity index (χ4n) is 4.57. The molecular weight excluding hydrogens is 364 g/mol. The summed E-state index contributed by atoms with van der Waals surface area (Å²) in [5.74, 6) is 0.662. The van der Waals surface area contributed by atoms with Crippen LogP contribution in [0.5, 0.6) is 5.75 Å². The van der Waals surface area contributed by atoms with Crippen molar-refractivity contribution in [1.82, 2.24) is 4.90 Å². The normalized spacial score (nSPS) is 18.7. The molecule has 1 saturated heterocycles. The van der Waals surface area contributed by atoms with E-state index in [0.717, 1.165) is 36.4 Å². The number of amides is 2. The first-order valence-electron chi connectivity index (χ1n) is 10.3. The standard InChI is InChI=1S/C24H28N2O3/c1-16-11-17(2)21-5-4-10-26(22(21)12-16)24(28)19-13-23(27)25(15-19)14-18-6-8-20(29-3)9-7-18/h6-9,11-12,19H,4-5,10,13-15H2,1-3H3. The first-order valence-corrected chi connectivity index (χ1v) is 10.3. The molecule has 0 aliphatic carbocycles. The summed E-state index contributed by atoms with van der Waals surface area (Å²) in [5.41, 5.74) is 5.78. The molecule has 2 aromatic rings. The monoisotopic (exact) mass is 392 g/mol. The Kier molecular flexibility index (Phi) is 5.31. The van der Waals surface area contributed by atoms with Gasteiger partial charge in [0.25, 0.3) is 0 Å². The van der Waals surface area contributed by atoms with Crippen molar-refractivity contribution in [1.29, 1.82) is 0 Å². The summed E-state index contributed by atoms with van der Waals surface area (Å²) in [6.45, 7) is 5.94. The van der Waals surface area contributed by atoms with E-state index in [4.69, 9.17) is 4.74 Å². The summed E-state index contributed by atoms with van der Waals surface area (Å²) in [7, 11) is 1.64. The summed E-state index contributed by atoms with van der Waals surface area (Å²) in [5, 5.41) is 0. The molecule has 0 bridgehead atoms. The largest absolute Gasteiger partial charge is 0.497 e. The van der Waals surface area contributed by atoms with Crippen LogP contribution >= 0.6 is 0 Å². The van der Waals surface area contributed by atoms with Gasteiger partial charge in [0.15, 0.2) is 0 Å². The number of carbonyl (C=O) groups excluding carboxylic acids is 2. The molecule has 0 radical (unpaired) electrons. The lowest BCUT2D eigenvalue weighted by Crippen LogP contribution is -2.40. The highest BCUT2D eigenvalue weighted by atomic mass is 16.5. The summed E-state index contributed by atoms with van der Waals surface area (Å²) in [6, 6.07) is 12.0. The highest BCUT2D eigenvalue weighted by molar-refractivity contribution is 6.00. The molecule has 2 aliphatic heterocycles. The number of carbonyl (C=O) groups is 2. The van der Waals surface area contributed by atoms with Crippen molar-refractivity contribution in [2.45, 2.75) is 39.7 Å². The maximum absolute atomic E-state index is 13.3. The Balaban J connectivity index is 1.49. The molecule has 0 saturated carbocycles. The zero-order valence-corrected chi connectivity index (χ0v) is 17.4. The molecular formula is C24H28N2O3. The van der Waals surface area contributed by atoms with Gasteiger partial charge in [-0.05, 0) is 67.1 Å². The number of ether oxygens (including phenoxy) is 1. The lowest BCUT2D eigenvalue weighted by molar-refractivity contribution is -0.128. The lowest BCUT2D eigenvalue weighted by Gasteiger charge is -2.32. The number of aryl methyl sites for hydroxylation is 2. The number of nitrogens with zero attached hydrogens (tertiary/aromatic N) is 2.